The van der Waals surface area contributed by atoms with E-state index in [2.05, 4.69) is 54.9 Å². The molecule has 3 heteroatoms. The Hall–Kier alpha value is -0.830. The van der Waals surface area contributed by atoms with Gasteiger partial charge in [0.05, 0.1) is 0 Å². The summed E-state index contributed by atoms with van der Waals surface area (Å²) in [5.74, 6) is 0.688. The molecule has 0 N–H and O–H groups in total. The van der Waals surface area contributed by atoms with Crippen molar-refractivity contribution in [3.63, 3.8) is 0 Å². The Morgan fingerprint density at radius 2 is 2.14 bits per heavy atom. The molecule has 0 spiro atoms. The minimum absolute atomic E-state index is 0.271. The van der Waals surface area contributed by atoms with Gasteiger partial charge in [-0.05, 0) is 48.8 Å². The largest absolute Gasteiger partial charge is 0.312 e. The fourth-order valence-electron chi connectivity index (χ4n) is 3.17. The number of carbonyl (C=O) groups is 1. The van der Waals surface area contributed by atoms with Crippen molar-refractivity contribution in [3.05, 3.63) is 29.3 Å². The van der Waals surface area contributed by atoms with Crippen LogP contribution in [-0.4, -0.2) is 17.3 Å². The van der Waals surface area contributed by atoms with Crippen LogP contribution in [0.5, 0.6) is 0 Å². The molecule has 0 aliphatic carbocycles. The van der Waals surface area contributed by atoms with Crippen molar-refractivity contribution in [1.29, 1.82) is 0 Å². The normalized spacial score (nSPS) is 15.8. The first-order valence-corrected chi connectivity index (χ1v) is 9.49. The molecule has 0 saturated heterocycles. The highest BCUT2D eigenvalue weighted by molar-refractivity contribution is 9.09. The Bertz CT molecular complexity index is 512. The third-order valence-electron chi connectivity index (χ3n) is 4.21. The molecule has 1 heterocycles. The summed E-state index contributed by atoms with van der Waals surface area (Å²) < 4.78 is 0. The summed E-state index contributed by atoms with van der Waals surface area (Å²) in [6.45, 7) is 7.31. The molecule has 122 valence electrons. The van der Waals surface area contributed by atoms with Crippen molar-refractivity contribution in [2.24, 2.45) is 5.92 Å². The number of aryl methyl sites for hydroxylation is 1. The molecule has 0 bridgehead atoms. The van der Waals surface area contributed by atoms with Gasteiger partial charge in [-0.25, -0.2) is 0 Å². The Labute approximate surface area is 143 Å². The van der Waals surface area contributed by atoms with Crippen LogP contribution in [0.1, 0.15) is 57.6 Å². The monoisotopic (exact) mass is 365 g/mol. The van der Waals surface area contributed by atoms with Crippen LogP contribution in [-0.2, 0) is 17.6 Å². The summed E-state index contributed by atoms with van der Waals surface area (Å²) in [5, 5.41) is 0. The van der Waals surface area contributed by atoms with E-state index < -0.39 is 0 Å². The first kappa shape index (κ1) is 17.5. The van der Waals surface area contributed by atoms with Gasteiger partial charge in [-0.1, -0.05) is 55.3 Å². The Balaban J connectivity index is 2.14. The summed E-state index contributed by atoms with van der Waals surface area (Å²) in [7, 11) is 0. The number of amides is 1. The topological polar surface area (TPSA) is 20.3 Å². The molecule has 0 radical (unpaired) electrons. The van der Waals surface area contributed by atoms with Gasteiger partial charge in [0.25, 0.3) is 0 Å². The summed E-state index contributed by atoms with van der Waals surface area (Å²) in [5.41, 5.74) is 3.87. The number of anilines is 1. The van der Waals surface area contributed by atoms with E-state index in [0.717, 1.165) is 31.5 Å². The molecule has 0 fully saturated rings. The van der Waals surface area contributed by atoms with Crippen molar-refractivity contribution in [3.8, 4) is 0 Å². The quantitative estimate of drug-likeness (QED) is 0.640. The smallest absolute Gasteiger partial charge is 0.227 e. The summed E-state index contributed by atoms with van der Waals surface area (Å²) in [6, 6.07) is 6.67. The lowest BCUT2D eigenvalue weighted by atomic mass is 9.96. The molecule has 1 aromatic rings. The lowest BCUT2D eigenvalue weighted by Gasteiger charge is -2.30. The molecular formula is C19H28BrNO. The summed E-state index contributed by atoms with van der Waals surface area (Å²) in [4.78, 5) is 15.0. The average molecular weight is 366 g/mol. The standard InChI is InChI=1S/C19H28BrNO/c1-4-6-17(20)13-15-8-9-18-16(12-15)7-5-10-21(18)19(22)11-14(2)3/h8-9,12,14,17H,4-7,10-11,13H2,1-3H3. The fraction of sp³-hybridized carbons (Fsp3) is 0.632. The van der Waals surface area contributed by atoms with Crippen LogP contribution in [0.2, 0.25) is 0 Å². The average Bonchev–Trinajstić information content (AvgIpc) is 2.45. The first-order valence-electron chi connectivity index (χ1n) is 8.57. The van der Waals surface area contributed by atoms with Gasteiger partial charge in [-0.15, -0.1) is 0 Å². The number of rotatable bonds is 6. The van der Waals surface area contributed by atoms with Crippen LogP contribution in [0.25, 0.3) is 0 Å². The van der Waals surface area contributed by atoms with Gasteiger partial charge >= 0.3 is 0 Å². The van der Waals surface area contributed by atoms with E-state index in [-0.39, 0.29) is 5.91 Å². The van der Waals surface area contributed by atoms with E-state index in [1.807, 2.05) is 4.90 Å². The lowest BCUT2D eigenvalue weighted by Crippen LogP contribution is -2.36. The van der Waals surface area contributed by atoms with E-state index in [1.165, 1.54) is 24.0 Å². The second-order valence-corrected chi connectivity index (χ2v) is 8.10. The van der Waals surface area contributed by atoms with Crippen LogP contribution < -0.4 is 4.90 Å². The number of carbonyl (C=O) groups excluding carboxylic acids is 1. The summed E-state index contributed by atoms with van der Waals surface area (Å²) >= 11 is 3.77. The summed E-state index contributed by atoms with van der Waals surface area (Å²) in [6.07, 6.45) is 6.29. The predicted molar refractivity (Wildman–Crippen MR) is 97.9 cm³/mol. The number of benzene rings is 1. The number of hydrogen-bond acceptors (Lipinski definition) is 1. The molecule has 1 amide bonds. The van der Waals surface area contributed by atoms with Crippen LogP contribution in [0.4, 0.5) is 5.69 Å². The zero-order valence-electron chi connectivity index (χ0n) is 14.1. The Morgan fingerprint density at radius 3 is 2.82 bits per heavy atom. The van der Waals surface area contributed by atoms with Gasteiger partial charge in [-0.3, -0.25) is 4.79 Å². The van der Waals surface area contributed by atoms with Crippen LogP contribution in [0.15, 0.2) is 18.2 Å². The van der Waals surface area contributed by atoms with Gasteiger partial charge in [0.15, 0.2) is 0 Å². The van der Waals surface area contributed by atoms with Crippen LogP contribution >= 0.6 is 15.9 Å². The van der Waals surface area contributed by atoms with Crippen molar-refractivity contribution in [1.82, 2.24) is 0 Å². The molecule has 1 unspecified atom stereocenters. The molecule has 2 nitrogen and oxygen atoms in total. The fourth-order valence-corrected chi connectivity index (χ4v) is 4.00. The minimum atomic E-state index is 0.271. The maximum atomic E-state index is 12.4. The minimum Gasteiger partial charge on any atom is -0.312 e. The third-order valence-corrected chi connectivity index (χ3v) is 4.99. The Kier molecular flexibility index (Phi) is 6.49. The zero-order valence-corrected chi connectivity index (χ0v) is 15.7. The molecule has 1 atom stereocenters. The van der Waals surface area contributed by atoms with Crippen LogP contribution in [0.3, 0.4) is 0 Å². The van der Waals surface area contributed by atoms with E-state index in [1.54, 1.807) is 0 Å². The van der Waals surface area contributed by atoms with Crippen molar-refractivity contribution >= 4 is 27.5 Å². The molecule has 2 rings (SSSR count). The third kappa shape index (κ3) is 4.58. The highest BCUT2D eigenvalue weighted by Gasteiger charge is 2.23. The van der Waals surface area contributed by atoms with Gasteiger partial charge < -0.3 is 4.90 Å². The SMILES string of the molecule is CCCC(Br)Cc1ccc2c(c1)CCCN2C(=O)CC(C)C. The van der Waals surface area contributed by atoms with Gasteiger partial charge in [0.2, 0.25) is 5.91 Å². The highest BCUT2D eigenvalue weighted by atomic mass is 79.9. The van der Waals surface area contributed by atoms with Gasteiger partial charge in [-0.2, -0.15) is 0 Å². The van der Waals surface area contributed by atoms with Crippen LogP contribution in [0, 0.1) is 5.92 Å². The Morgan fingerprint density at radius 1 is 1.36 bits per heavy atom. The molecule has 0 aromatic heterocycles. The number of nitrogens with zero attached hydrogens (tertiary/aromatic N) is 1. The van der Waals surface area contributed by atoms with E-state index in [4.69, 9.17) is 0 Å². The molecule has 1 aliphatic rings. The molecule has 0 saturated carbocycles. The first-order chi connectivity index (χ1) is 10.5. The van der Waals surface area contributed by atoms with Gasteiger partial charge in [0, 0.05) is 23.5 Å². The number of fused-ring (bicyclic) bond motifs is 1. The zero-order chi connectivity index (χ0) is 16.1. The molecule has 1 aliphatic heterocycles. The van der Waals surface area contributed by atoms with Crippen molar-refractivity contribution in [2.45, 2.75) is 64.1 Å². The van der Waals surface area contributed by atoms with Gasteiger partial charge in [0.1, 0.15) is 0 Å². The molecule has 22 heavy (non-hydrogen) atoms. The maximum absolute atomic E-state index is 12.4. The molecule has 1 aromatic carbocycles. The van der Waals surface area contributed by atoms with E-state index in [0.29, 0.717) is 17.2 Å². The van der Waals surface area contributed by atoms with E-state index >= 15 is 0 Å². The highest BCUT2D eigenvalue weighted by Crippen LogP contribution is 2.30. The van der Waals surface area contributed by atoms with Crippen molar-refractivity contribution in [2.75, 3.05) is 11.4 Å². The lowest BCUT2D eigenvalue weighted by molar-refractivity contribution is -0.119. The second kappa shape index (κ2) is 8.14. The van der Waals surface area contributed by atoms with Crippen molar-refractivity contribution < 1.29 is 4.79 Å². The molecular weight excluding hydrogens is 338 g/mol. The maximum Gasteiger partial charge on any atom is 0.227 e. The predicted octanol–water partition coefficient (Wildman–Crippen LogP) is 5.12. The van der Waals surface area contributed by atoms with E-state index in [9.17, 15) is 4.79 Å². The number of alkyl halides is 1. The second-order valence-electron chi connectivity index (χ2n) is 6.80. The number of hydrogen-bond donors (Lipinski definition) is 0. The number of halogens is 1.